The van der Waals surface area contributed by atoms with Crippen LogP contribution >= 0.6 is 0 Å². The van der Waals surface area contributed by atoms with Crippen LogP contribution in [-0.2, 0) is 0 Å². The van der Waals surface area contributed by atoms with Gasteiger partial charge in [0.25, 0.3) is 5.91 Å². The first-order chi connectivity index (χ1) is 11.3. The summed E-state index contributed by atoms with van der Waals surface area (Å²) >= 11 is 0. The Labute approximate surface area is 135 Å². The fourth-order valence-electron chi connectivity index (χ4n) is 3.35. The number of hydrogen-bond donors (Lipinski definition) is 0. The van der Waals surface area contributed by atoms with Gasteiger partial charge in [0.1, 0.15) is 13.2 Å². The van der Waals surface area contributed by atoms with Crippen molar-refractivity contribution in [1.82, 2.24) is 4.90 Å². The minimum Gasteiger partial charge on any atom is -0.486 e. The molecule has 0 N–H and O–H groups in total. The fraction of sp³-hybridized carbons (Fsp3) is 0.316. The van der Waals surface area contributed by atoms with Gasteiger partial charge in [0.05, 0.1) is 5.56 Å². The van der Waals surface area contributed by atoms with Crippen LogP contribution in [0.3, 0.4) is 0 Å². The molecule has 2 aliphatic heterocycles. The molecule has 2 aromatic carbocycles. The van der Waals surface area contributed by atoms with E-state index in [1.165, 1.54) is 5.56 Å². The number of carbonyl (C=O) groups is 1. The van der Waals surface area contributed by atoms with Crippen LogP contribution in [0.5, 0.6) is 11.5 Å². The molecular formula is C19H19NO3. The number of ether oxygens (including phenoxy) is 2. The molecule has 4 nitrogen and oxygen atoms in total. The van der Waals surface area contributed by atoms with Crippen molar-refractivity contribution >= 4 is 5.91 Å². The van der Waals surface area contributed by atoms with Crippen molar-refractivity contribution in [3.8, 4) is 11.5 Å². The first-order valence-electron chi connectivity index (χ1n) is 8.06. The maximum Gasteiger partial charge on any atom is 0.257 e. The van der Waals surface area contributed by atoms with Crippen LogP contribution in [0.1, 0.15) is 28.3 Å². The first kappa shape index (κ1) is 14.1. The average molecular weight is 309 g/mol. The molecule has 1 fully saturated rings. The Kier molecular flexibility index (Phi) is 3.66. The minimum absolute atomic E-state index is 0.0331. The molecule has 1 saturated heterocycles. The molecule has 0 saturated carbocycles. The number of nitrogens with zero attached hydrogens (tertiary/aromatic N) is 1. The molecule has 4 heteroatoms. The lowest BCUT2D eigenvalue weighted by atomic mass is 9.99. The Hall–Kier alpha value is -2.49. The summed E-state index contributed by atoms with van der Waals surface area (Å²) in [7, 11) is 0. The van der Waals surface area contributed by atoms with Gasteiger partial charge >= 0.3 is 0 Å². The Morgan fingerprint density at radius 3 is 2.70 bits per heavy atom. The highest BCUT2D eigenvalue weighted by molar-refractivity contribution is 5.98. The summed E-state index contributed by atoms with van der Waals surface area (Å²) < 4.78 is 11.2. The number of para-hydroxylation sites is 1. The molecular weight excluding hydrogens is 290 g/mol. The second-order valence-corrected chi connectivity index (χ2v) is 5.98. The highest BCUT2D eigenvalue weighted by atomic mass is 16.6. The van der Waals surface area contributed by atoms with E-state index in [1.54, 1.807) is 0 Å². The summed E-state index contributed by atoms with van der Waals surface area (Å²) in [6.07, 6.45) is 1.00. The van der Waals surface area contributed by atoms with E-state index in [2.05, 4.69) is 24.3 Å². The predicted octanol–water partition coefficient (Wildman–Crippen LogP) is 3.09. The molecule has 1 atom stereocenters. The molecule has 1 amide bonds. The van der Waals surface area contributed by atoms with Crippen LogP contribution in [0.15, 0.2) is 48.5 Å². The second-order valence-electron chi connectivity index (χ2n) is 5.98. The lowest BCUT2D eigenvalue weighted by Crippen LogP contribution is -2.29. The van der Waals surface area contributed by atoms with Gasteiger partial charge in [-0.1, -0.05) is 36.4 Å². The van der Waals surface area contributed by atoms with Gasteiger partial charge in [0.15, 0.2) is 11.5 Å². The van der Waals surface area contributed by atoms with E-state index >= 15 is 0 Å². The van der Waals surface area contributed by atoms with Gasteiger partial charge in [-0.2, -0.15) is 0 Å². The standard InChI is InChI=1S/C19H19NO3/c21-19(16-7-4-8-17-18(16)23-12-11-22-17)20-10-9-15(13-20)14-5-2-1-3-6-14/h1-8,15H,9-13H2/t15-/m0/s1. The Morgan fingerprint density at radius 2 is 1.83 bits per heavy atom. The summed E-state index contributed by atoms with van der Waals surface area (Å²) in [5.74, 6) is 1.70. The second kappa shape index (κ2) is 5.95. The lowest BCUT2D eigenvalue weighted by molar-refractivity contribution is 0.0780. The summed E-state index contributed by atoms with van der Waals surface area (Å²) in [5.41, 5.74) is 1.91. The zero-order chi connectivity index (χ0) is 15.6. The normalized spacial score (nSPS) is 19.7. The Balaban J connectivity index is 1.55. The average Bonchev–Trinajstić information content (AvgIpc) is 3.11. The minimum atomic E-state index is 0.0331. The van der Waals surface area contributed by atoms with Gasteiger partial charge in [-0.3, -0.25) is 4.79 Å². The molecule has 2 aliphatic rings. The predicted molar refractivity (Wildman–Crippen MR) is 87.1 cm³/mol. The number of hydrogen-bond acceptors (Lipinski definition) is 3. The van der Waals surface area contributed by atoms with Crippen molar-refractivity contribution < 1.29 is 14.3 Å². The monoisotopic (exact) mass is 309 g/mol. The molecule has 0 radical (unpaired) electrons. The van der Waals surface area contributed by atoms with Crippen molar-refractivity contribution in [3.05, 3.63) is 59.7 Å². The number of fused-ring (bicyclic) bond motifs is 1. The molecule has 23 heavy (non-hydrogen) atoms. The molecule has 0 spiro atoms. The third-order valence-corrected chi connectivity index (χ3v) is 4.54. The van der Waals surface area contributed by atoms with E-state index in [0.717, 1.165) is 19.5 Å². The van der Waals surface area contributed by atoms with Crippen molar-refractivity contribution in [1.29, 1.82) is 0 Å². The molecule has 4 rings (SSSR count). The molecule has 2 aromatic rings. The molecule has 118 valence electrons. The van der Waals surface area contributed by atoms with Gasteiger partial charge in [0.2, 0.25) is 0 Å². The van der Waals surface area contributed by atoms with Crippen LogP contribution in [0.2, 0.25) is 0 Å². The maximum absolute atomic E-state index is 12.9. The SMILES string of the molecule is O=C(c1cccc2c1OCCO2)N1CC[C@H](c2ccccc2)C1. The fourth-order valence-corrected chi connectivity index (χ4v) is 3.35. The van der Waals surface area contributed by atoms with Crippen molar-refractivity contribution in [3.63, 3.8) is 0 Å². The van der Waals surface area contributed by atoms with Gasteiger partial charge in [-0.05, 0) is 24.1 Å². The smallest absolute Gasteiger partial charge is 0.257 e. The summed E-state index contributed by atoms with van der Waals surface area (Å²) in [6, 6.07) is 15.9. The van der Waals surface area contributed by atoms with Crippen molar-refractivity contribution in [2.24, 2.45) is 0 Å². The van der Waals surface area contributed by atoms with Crippen molar-refractivity contribution in [2.45, 2.75) is 12.3 Å². The number of benzene rings is 2. The Bertz CT molecular complexity index is 714. The van der Waals surface area contributed by atoms with E-state index in [4.69, 9.17) is 9.47 Å². The third-order valence-electron chi connectivity index (χ3n) is 4.54. The lowest BCUT2D eigenvalue weighted by Gasteiger charge is -2.23. The van der Waals surface area contributed by atoms with Gasteiger partial charge < -0.3 is 14.4 Å². The first-order valence-corrected chi connectivity index (χ1v) is 8.06. The van der Waals surface area contributed by atoms with E-state index in [0.29, 0.717) is 36.2 Å². The number of carbonyl (C=O) groups excluding carboxylic acids is 1. The van der Waals surface area contributed by atoms with E-state index in [9.17, 15) is 4.79 Å². The van der Waals surface area contributed by atoms with Crippen LogP contribution in [0.25, 0.3) is 0 Å². The molecule has 0 bridgehead atoms. The van der Waals surface area contributed by atoms with Gasteiger partial charge in [-0.15, -0.1) is 0 Å². The molecule has 0 aliphatic carbocycles. The number of rotatable bonds is 2. The van der Waals surface area contributed by atoms with Crippen LogP contribution in [0.4, 0.5) is 0 Å². The molecule has 2 heterocycles. The van der Waals surface area contributed by atoms with Gasteiger partial charge in [-0.25, -0.2) is 0 Å². The quantitative estimate of drug-likeness (QED) is 0.856. The highest BCUT2D eigenvalue weighted by Gasteiger charge is 2.30. The van der Waals surface area contributed by atoms with Gasteiger partial charge in [0, 0.05) is 19.0 Å². The molecule has 0 unspecified atom stereocenters. The largest absolute Gasteiger partial charge is 0.486 e. The topological polar surface area (TPSA) is 38.8 Å². The van der Waals surface area contributed by atoms with Crippen LogP contribution < -0.4 is 9.47 Å². The summed E-state index contributed by atoms with van der Waals surface area (Å²) in [5, 5.41) is 0. The summed E-state index contributed by atoms with van der Waals surface area (Å²) in [6.45, 7) is 2.56. The van der Waals surface area contributed by atoms with Crippen LogP contribution in [0, 0.1) is 0 Å². The Morgan fingerprint density at radius 1 is 1.00 bits per heavy atom. The zero-order valence-electron chi connectivity index (χ0n) is 12.9. The summed E-state index contributed by atoms with van der Waals surface area (Å²) in [4.78, 5) is 14.8. The zero-order valence-corrected chi connectivity index (χ0v) is 12.9. The maximum atomic E-state index is 12.9. The number of likely N-dealkylation sites (tertiary alicyclic amines) is 1. The number of amides is 1. The van der Waals surface area contributed by atoms with Crippen LogP contribution in [-0.4, -0.2) is 37.1 Å². The van der Waals surface area contributed by atoms with E-state index in [1.807, 2.05) is 29.2 Å². The molecule has 0 aromatic heterocycles. The van der Waals surface area contributed by atoms with E-state index in [-0.39, 0.29) is 5.91 Å². The van der Waals surface area contributed by atoms with Crippen molar-refractivity contribution in [2.75, 3.05) is 26.3 Å². The van der Waals surface area contributed by atoms with E-state index < -0.39 is 0 Å². The third kappa shape index (κ3) is 2.65. The highest BCUT2D eigenvalue weighted by Crippen LogP contribution is 2.36.